The van der Waals surface area contributed by atoms with Crippen LogP contribution in [-0.2, 0) is 16.0 Å². The molecular formula is C14H19BrFNO2. The summed E-state index contributed by atoms with van der Waals surface area (Å²) in [6.07, 6.45) is 0.817. The molecule has 3 nitrogen and oxygen atoms in total. The number of fused-ring (bicyclic) bond motifs is 1. The van der Waals surface area contributed by atoms with E-state index in [1.54, 1.807) is 6.07 Å². The number of carbonyl (C=O) groups is 1. The van der Waals surface area contributed by atoms with E-state index in [2.05, 4.69) is 25.6 Å². The van der Waals surface area contributed by atoms with Gasteiger partial charge in [-0.05, 0) is 55.3 Å². The Morgan fingerprint density at radius 3 is 2.47 bits per heavy atom. The van der Waals surface area contributed by atoms with E-state index in [0.29, 0.717) is 6.47 Å². The SMILES string of the molecule is CC(C)(C)OC=O.CN1CCc2c(F)ccc(Br)c21. The molecule has 5 heteroatoms. The number of hydrogen-bond acceptors (Lipinski definition) is 3. The number of anilines is 1. The topological polar surface area (TPSA) is 29.5 Å². The standard InChI is InChI=1S/C9H9BrFN.C5H10O2/c1-12-5-4-6-8(11)3-2-7(10)9(6)12;1-5(2,3)7-4-6/h2-3H,4-5H2,1H3;4H,1-3H3. The lowest BCUT2D eigenvalue weighted by molar-refractivity contribution is -0.138. The third-order valence-corrected chi connectivity index (χ3v) is 3.30. The molecule has 0 unspecified atom stereocenters. The zero-order valence-electron chi connectivity index (χ0n) is 11.7. The fraction of sp³-hybridized carbons (Fsp3) is 0.500. The van der Waals surface area contributed by atoms with Crippen molar-refractivity contribution >= 4 is 28.1 Å². The molecule has 0 bridgehead atoms. The summed E-state index contributed by atoms with van der Waals surface area (Å²) in [4.78, 5) is 11.7. The smallest absolute Gasteiger partial charge is 0.293 e. The van der Waals surface area contributed by atoms with Gasteiger partial charge in [-0.25, -0.2) is 4.39 Å². The van der Waals surface area contributed by atoms with Gasteiger partial charge in [0.15, 0.2) is 0 Å². The molecule has 0 fully saturated rings. The molecule has 1 aromatic carbocycles. The molecule has 0 radical (unpaired) electrons. The van der Waals surface area contributed by atoms with Gasteiger partial charge in [0.2, 0.25) is 0 Å². The number of rotatable bonds is 1. The number of ether oxygens (including phenoxy) is 1. The quantitative estimate of drug-likeness (QED) is 0.737. The van der Waals surface area contributed by atoms with Crippen molar-refractivity contribution in [3.63, 3.8) is 0 Å². The largest absolute Gasteiger partial charge is 0.462 e. The van der Waals surface area contributed by atoms with Gasteiger partial charge >= 0.3 is 0 Å². The molecule has 0 amide bonds. The van der Waals surface area contributed by atoms with Crippen molar-refractivity contribution < 1.29 is 13.9 Å². The summed E-state index contributed by atoms with van der Waals surface area (Å²) < 4.78 is 18.7. The number of benzene rings is 1. The number of likely N-dealkylation sites (N-methyl/N-ethyl adjacent to an activating group) is 1. The highest BCUT2D eigenvalue weighted by Gasteiger charge is 2.21. The highest BCUT2D eigenvalue weighted by atomic mass is 79.9. The highest BCUT2D eigenvalue weighted by molar-refractivity contribution is 9.10. The number of nitrogens with zero attached hydrogens (tertiary/aromatic N) is 1. The van der Waals surface area contributed by atoms with Gasteiger partial charge < -0.3 is 9.64 Å². The van der Waals surface area contributed by atoms with Gasteiger partial charge in [-0.2, -0.15) is 0 Å². The molecule has 0 spiro atoms. The average molecular weight is 332 g/mol. The summed E-state index contributed by atoms with van der Waals surface area (Å²) in [5.41, 5.74) is 1.53. The fourth-order valence-corrected chi connectivity index (χ4v) is 2.44. The Kier molecular flexibility index (Phi) is 5.35. The van der Waals surface area contributed by atoms with Crippen molar-refractivity contribution in [2.45, 2.75) is 32.8 Å². The van der Waals surface area contributed by atoms with Crippen LogP contribution in [0, 0.1) is 5.82 Å². The van der Waals surface area contributed by atoms with Crippen LogP contribution in [0.5, 0.6) is 0 Å². The second-order valence-corrected chi connectivity index (χ2v) is 6.21. The van der Waals surface area contributed by atoms with E-state index >= 15 is 0 Å². The minimum absolute atomic E-state index is 0.0856. The molecule has 2 rings (SSSR count). The van der Waals surface area contributed by atoms with E-state index in [1.165, 1.54) is 6.07 Å². The zero-order valence-corrected chi connectivity index (χ0v) is 13.3. The summed E-state index contributed by atoms with van der Waals surface area (Å²) in [7, 11) is 1.98. The lowest BCUT2D eigenvalue weighted by atomic mass is 10.1. The predicted molar refractivity (Wildman–Crippen MR) is 78.0 cm³/mol. The van der Waals surface area contributed by atoms with E-state index < -0.39 is 0 Å². The predicted octanol–water partition coefficient (Wildman–Crippen LogP) is 3.54. The van der Waals surface area contributed by atoms with Gasteiger partial charge in [0.25, 0.3) is 6.47 Å². The van der Waals surface area contributed by atoms with Crippen LogP contribution in [0.3, 0.4) is 0 Å². The van der Waals surface area contributed by atoms with Gasteiger partial charge in [0.1, 0.15) is 11.4 Å². The van der Waals surface area contributed by atoms with Crippen molar-refractivity contribution in [2.75, 3.05) is 18.5 Å². The molecule has 106 valence electrons. The molecule has 0 aliphatic carbocycles. The zero-order chi connectivity index (χ0) is 14.6. The third kappa shape index (κ3) is 4.49. The molecular weight excluding hydrogens is 313 g/mol. The number of hydrogen-bond donors (Lipinski definition) is 0. The van der Waals surface area contributed by atoms with Gasteiger partial charge in [0.05, 0.1) is 5.69 Å². The van der Waals surface area contributed by atoms with Gasteiger partial charge in [-0.3, -0.25) is 4.79 Å². The fourth-order valence-electron chi connectivity index (χ4n) is 1.77. The first-order chi connectivity index (χ1) is 8.76. The van der Waals surface area contributed by atoms with E-state index in [4.69, 9.17) is 0 Å². The van der Waals surface area contributed by atoms with Crippen LogP contribution >= 0.6 is 15.9 Å². The van der Waals surface area contributed by atoms with Gasteiger partial charge in [-0.1, -0.05) is 0 Å². The molecule has 0 aromatic heterocycles. The summed E-state index contributed by atoms with van der Waals surface area (Å²) in [6.45, 7) is 6.83. The number of carbonyl (C=O) groups excluding carboxylic acids is 1. The minimum Gasteiger partial charge on any atom is -0.462 e. The first kappa shape index (κ1) is 16.0. The van der Waals surface area contributed by atoms with Crippen molar-refractivity contribution in [3.05, 3.63) is 28.0 Å². The Bertz CT molecular complexity index is 457. The first-order valence-electron chi connectivity index (χ1n) is 6.05. The highest BCUT2D eigenvalue weighted by Crippen LogP contribution is 2.35. The maximum absolute atomic E-state index is 13.2. The van der Waals surface area contributed by atoms with Crippen LogP contribution < -0.4 is 4.90 Å². The Hall–Kier alpha value is -1.10. The van der Waals surface area contributed by atoms with E-state index in [0.717, 1.165) is 28.7 Å². The molecule has 1 aliphatic rings. The molecule has 0 N–H and O–H groups in total. The van der Waals surface area contributed by atoms with Crippen molar-refractivity contribution in [3.8, 4) is 0 Å². The first-order valence-corrected chi connectivity index (χ1v) is 6.85. The molecule has 1 aliphatic heterocycles. The van der Waals surface area contributed by atoms with Crippen molar-refractivity contribution in [1.82, 2.24) is 0 Å². The summed E-state index contributed by atoms with van der Waals surface area (Å²) in [5, 5.41) is 0. The second-order valence-electron chi connectivity index (χ2n) is 5.35. The average Bonchev–Trinajstić information content (AvgIpc) is 2.67. The second kappa shape index (κ2) is 6.37. The molecule has 1 aromatic rings. The van der Waals surface area contributed by atoms with Crippen LogP contribution in [0.1, 0.15) is 26.3 Å². The maximum Gasteiger partial charge on any atom is 0.293 e. The van der Waals surface area contributed by atoms with Gasteiger partial charge in [0, 0.05) is 23.6 Å². The minimum atomic E-state index is -0.318. The monoisotopic (exact) mass is 331 g/mol. The molecule has 0 saturated heterocycles. The third-order valence-electron chi connectivity index (χ3n) is 2.66. The van der Waals surface area contributed by atoms with E-state index in [1.807, 2.05) is 27.8 Å². The van der Waals surface area contributed by atoms with Crippen LogP contribution in [-0.4, -0.2) is 25.7 Å². The Balaban J connectivity index is 0.000000224. The normalized spacial score (nSPS) is 13.5. The van der Waals surface area contributed by atoms with Gasteiger partial charge in [-0.15, -0.1) is 0 Å². The van der Waals surface area contributed by atoms with Crippen LogP contribution in [0.2, 0.25) is 0 Å². The molecule has 0 atom stereocenters. The molecule has 0 saturated carbocycles. The summed E-state index contributed by atoms with van der Waals surface area (Å²) in [6, 6.07) is 3.28. The summed E-state index contributed by atoms with van der Waals surface area (Å²) in [5.74, 6) is -0.0856. The van der Waals surface area contributed by atoms with Crippen LogP contribution in [0.4, 0.5) is 10.1 Å². The lowest BCUT2D eigenvalue weighted by Gasteiger charge is -2.14. The van der Waals surface area contributed by atoms with E-state index in [-0.39, 0.29) is 11.4 Å². The Morgan fingerprint density at radius 1 is 1.42 bits per heavy atom. The molecule has 1 heterocycles. The van der Waals surface area contributed by atoms with E-state index in [9.17, 15) is 9.18 Å². The Labute approximate surface area is 121 Å². The summed E-state index contributed by atoms with van der Waals surface area (Å²) >= 11 is 3.41. The number of halogens is 2. The van der Waals surface area contributed by atoms with Crippen LogP contribution in [0.25, 0.3) is 0 Å². The van der Waals surface area contributed by atoms with Crippen molar-refractivity contribution in [2.24, 2.45) is 0 Å². The molecule has 19 heavy (non-hydrogen) atoms. The Morgan fingerprint density at radius 2 is 2.05 bits per heavy atom. The van der Waals surface area contributed by atoms with Crippen LogP contribution in [0.15, 0.2) is 16.6 Å². The van der Waals surface area contributed by atoms with Crippen molar-refractivity contribution in [1.29, 1.82) is 0 Å². The maximum atomic E-state index is 13.2. The lowest BCUT2D eigenvalue weighted by Crippen LogP contribution is -2.17.